The topological polar surface area (TPSA) is 38.1 Å². The van der Waals surface area contributed by atoms with Crippen LogP contribution in [0.15, 0.2) is 24.4 Å². The van der Waals surface area contributed by atoms with Crippen LogP contribution in [-0.4, -0.2) is 33.8 Å². The van der Waals surface area contributed by atoms with Gasteiger partial charge in [0.2, 0.25) is 5.91 Å². The monoisotopic (exact) mass is 209 g/mol. The van der Waals surface area contributed by atoms with Crippen molar-refractivity contribution in [2.75, 3.05) is 13.2 Å². The van der Waals surface area contributed by atoms with E-state index in [9.17, 15) is 9.18 Å². The summed E-state index contributed by atoms with van der Waals surface area (Å²) in [5, 5.41) is 4.11. The van der Waals surface area contributed by atoms with E-state index in [0.29, 0.717) is 19.6 Å². The number of carbonyl (C=O) groups excluding carboxylic acids is 1. The summed E-state index contributed by atoms with van der Waals surface area (Å²) in [5.41, 5.74) is 1.02. The molecule has 1 aromatic rings. The highest BCUT2D eigenvalue weighted by atomic mass is 19.1. The van der Waals surface area contributed by atoms with Crippen LogP contribution in [-0.2, 0) is 17.9 Å². The van der Waals surface area contributed by atoms with Gasteiger partial charge in [-0.2, -0.15) is 5.10 Å². The molecule has 5 heteroatoms. The molecule has 0 radical (unpaired) electrons. The fourth-order valence-electron chi connectivity index (χ4n) is 1.62. The first-order valence-corrected chi connectivity index (χ1v) is 4.83. The molecule has 0 N–H and O–H groups in total. The molecule has 1 aliphatic rings. The van der Waals surface area contributed by atoms with Gasteiger partial charge in [-0.1, -0.05) is 0 Å². The van der Waals surface area contributed by atoms with Crippen LogP contribution in [0.4, 0.5) is 4.39 Å². The first-order chi connectivity index (χ1) is 7.31. The lowest BCUT2D eigenvalue weighted by molar-refractivity contribution is -0.127. The number of nitrogens with zero attached hydrogens (tertiary/aromatic N) is 3. The Labute approximate surface area is 87.0 Å². The van der Waals surface area contributed by atoms with Crippen molar-refractivity contribution in [1.82, 2.24) is 14.7 Å². The fraction of sp³-hybridized carbons (Fsp3) is 0.400. The number of alkyl halides is 1. The van der Waals surface area contributed by atoms with Crippen molar-refractivity contribution >= 4 is 5.91 Å². The van der Waals surface area contributed by atoms with Crippen LogP contribution in [0.2, 0.25) is 0 Å². The second kappa shape index (κ2) is 4.25. The number of hydrogen-bond acceptors (Lipinski definition) is 2. The van der Waals surface area contributed by atoms with Crippen molar-refractivity contribution in [3.63, 3.8) is 0 Å². The van der Waals surface area contributed by atoms with E-state index >= 15 is 0 Å². The lowest BCUT2D eigenvalue weighted by atomic mass is 10.3. The Morgan fingerprint density at radius 1 is 1.60 bits per heavy atom. The zero-order chi connectivity index (χ0) is 10.7. The summed E-state index contributed by atoms with van der Waals surface area (Å²) in [4.78, 5) is 13.2. The number of hydrogen-bond donors (Lipinski definition) is 0. The average molecular weight is 209 g/mol. The quantitative estimate of drug-likeness (QED) is 0.674. The highest BCUT2D eigenvalue weighted by Crippen LogP contribution is 2.11. The van der Waals surface area contributed by atoms with E-state index in [2.05, 4.69) is 5.10 Å². The van der Waals surface area contributed by atoms with Crippen molar-refractivity contribution in [2.45, 2.75) is 13.1 Å². The van der Waals surface area contributed by atoms with Crippen molar-refractivity contribution in [3.05, 3.63) is 30.1 Å². The van der Waals surface area contributed by atoms with Gasteiger partial charge in [0, 0.05) is 18.8 Å². The highest BCUT2D eigenvalue weighted by molar-refractivity contribution is 5.87. The van der Waals surface area contributed by atoms with Gasteiger partial charge in [-0.3, -0.25) is 9.48 Å². The second-order valence-corrected chi connectivity index (χ2v) is 3.36. The number of carbonyl (C=O) groups is 1. The SMILES string of the molecule is O=C(/C=C/CF)N1CCn2nccc2C1. The fourth-order valence-corrected chi connectivity index (χ4v) is 1.62. The van der Waals surface area contributed by atoms with Crippen LogP contribution in [0.25, 0.3) is 0 Å². The van der Waals surface area contributed by atoms with Crippen molar-refractivity contribution in [1.29, 1.82) is 0 Å². The van der Waals surface area contributed by atoms with Crippen LogP contribution >= 0.6 is 0 Å². The summed E-state index contributed by atoms with van der Waals surface area (Å²) in [6.07, 6.45) is 4.24. The maximum atomic E-state index is 11.8. The smallest absolute Gasteiger partial charge is 0.246 e. The molecule has 0 unspecified atom stereocenters. The van der Waals surface area contributed by atoms with Gasteiger partial charge in [0.25, 0.3) is 0 Å². The van der Waals surface area contributed by atoms with Gasteiger partial charge in [-0.15, -0.1) is 0 Å². The first-order valence-electron chi connectivity index (χ1n) is 4.83. The zero-order valence-corrected chi connectivity index (χ0v) is 8.27. The molecule has 15 heavy (non-hydrogen) atoms. The molecular formula is C10H12FN3O. The molecule has 2 heterocycles. The minimum atomic E-state index is -0.600. The molecule has 80 valence electrons. The average Bonchev–Trinajstić information content (AvgIpc) is 2.72. The molecule has 0 saturated heterocycles. The summed E-state index contributed by atoms with van der Waals surface area (Å²) < 4.78 is 13.7. The third-order valence-electron chi connectivity index (χ3n) is 2.40. The summed E-state index contributed by atoms with van der Waals surface area (Å²) in [6, 6.07) is 1.89. The van der Waals surface area contributed by atoms with Crippen molar-refractivity contribution in [3.8, 4) is 0 Å². The molecule has 0 bridgehead atoms. The number of amides is 1. The molecule has 0 fully saturated rings. The van der Waals surface area contributed by atoms with E-state index in [0.717, 1.165) is 5.69 Å². The summed E-state index contributed by atoms with van der Waals surface area (Å²) in [7, 11) is 0. The molecular weight excluding hydrogens is 197 g/mol. The van der Waals surface area contributed by atoms with E-state index in [4.69, 9.17) is 0 Å². The van der Waals surface area contributed by atoms with Gasteiger partial charge >= 0.3 is 0 Å². The largest absolute Gasteiger partial charge is 0.331 e. The third-order valence-corrected chi connectivity index (χ3v) is 2.40. The van der Waals surface area contributed by atoms with Crippen LogP contribution in [0.5, 0.6) is 0 Å². The third kappa shape index (κ3) is 2.06. The number of aromatic nitrogens is 2. The van der Waals surface area contributed by atoms with Crippen LogP contribution in [0.1, 0.15) is 5.69 Å². The first kappa shape index (κ1) is 9.89. The van der Waals surface area contributed by atoms with E-state index in [1.165, 1.54) is 12.2 Å². The maximum Gasteiger partial charge on any atom is 0.246 e. The highest BCUT2D eigenvalue weighted by Gasteiger charge is 2.18. The second-order valence-electron chi connectivity index (χ2n) is 3.36. The Bertz CT molecular complexity index is 386. The summed E-state index contributed by atoms with van der Waals surface area (Å²) in [6.45, 7) is 1.29. The van der Waals surface area contributed by atoms with Gasteiger partial charge in [0.05, 0.1) is 18.8 Å². The molecule has 2 rings (SSSR count). The van der Waals surface area contributed by atoms with E-state index in [1.807, 2.05) is 10.7 Å². The predicted molar refractivity (Wildman–Crippen MR) is 52.8 cm³/mol. The van der Waals surface area contributed by atoms with Gasteiger partial charge < -0.3 is 4.90 Å². The molecule has 1 aromatic heterocycles. The molecule has 0 atom stereocenters. The van der Waals surface area contributed by atoms with Crippen molar-refractivity contribution < 1.29 is 9.18 Å². The Morgan fingerprint density at radius 3 is 3.27 bits per heavy atom. The van der Waals surface area contributed by atoms with Gasteiger partial charge in [0.1, 0.15) is 6.67 Å². The minimum Gasteiger partial charge on any atom is -0.331 e. The van der Waals surface area contributed by atoms with Crippen LogP contribution < -0.4 is 0 Å². The maximum absolute atomic E-state index is 11.8. The Morgan fingerprint density at radius 2 is 2.47 bits per heavy atom. The normalized spacial score (nSPS) is 15.7. The summed E-state index contributed by atoms with van der Waals surface area (Å²) >= 11 is 0. The number of allylic oxidation sites excluding steroid dienone is 1. The standard InChI is InChI=1S/C10H12FN3O/c11-4-1-2-10(15)13-6-7-14-9(8-13)3-5-12-14/h1-3,5H,4,6-8H2/b2-1+. The molecule has 1 amide bonds. The molecule has 0 aromatic carbocycles. The van der Waals surface area contributed by atoms with E-state index in [1.54, 1.807) is 11.1 Å². The zero-order valence-electron chi connectivity index (χ0n) is 8.27. The number of fused-ring (bicyclic) bond motifs is 1. The Kier molecular flexibility index (Phi) is 2.80. The molecule has 4 nitrogen and oxygen atoms in total. The Balaban J connectivity index is 2.03. The van der Waals surface area contributed by atoms with Gasteiger partial charge in [0.15, 0.2) is 0 Å². The molecule has 0 aliphatic carbocycles. The van der Waals surface area contributed by atoms with Gasteiger partial charge in [-0.25, -0.2) is 4.39 Å². The Hall–Kier alpha value is -1.65. The minimum absolute atomic E-state index is 0.139. The van der Waals surface area contributed by atoms with Crippen molar-refractivity contribution in [2.24, 2.45) is 0 Å². The number of rotatable bonds is 2. The van der Waals surface area contributed by atoms with E-state index in [-0.39, 0.29) is 5.91 Å². The van der Waals surface area contributed by atoms with Gasteiger partial charge in [-0.05, 0) is 12.1 Å². The molecule has 1 aliphatic heterocycles. The van der Waals surface area contributed by atoms with Crippen LogP contribution in [0, 0.1) is 0 Å². The van der Waals surface area contributed by atoms with Crippen LogP contribution in [0.3, 0.4) is 0 Å². The lowest BCUT2D eigenvalue weighted by Gasteiger charge is -2.26. The molecule has 0 saturated carbocycles. The number of halogens is 1. The summed E-state index contributed by atoms with van der Waals surface area (Å²) in [5.74, 6) is -0.139. The molecule has 0 spiro atoms. The predicted octanol–water partition coefficient (Wildman–Crippen LogP) is 0.751. The lowest BCUT2D eigenvalue weighted by Crippen LogP contribution is -2.37. The van der Waals surface area contributed by atoms with E-state index < -0.39 is 6.67 Å².